The van der Waals surface area contributed by atoms with Crippen molar-refractivity contribution >= 4 is 0 Å². The van der Waals surface area contributed by atoms with Gasteiger partial charge in [0.2, 0.25) is 0 Å². The highest BCUT2D eigenvalue weighted by atomic mass is 16.5. The first kappa shape index (κ1) is 11.3. The Morgan fingerprint density at radius 1 is 1.20 bits per heavy atom. The molecule has 2 fully saturated rings. The van der Waals surface area contributed by atoms with E-state index >= 15 is 0 Å². The minimum atomic E-state index is 0.123. The van der Waals surface area contributed by atoms with Gasteiger partial charge in [-0.2, -0.15) is 0 Å². The minimum Gasteiger partial charge on any atom is -0.394 e. The Hall–Kier alpha value is -0.160. The molecule has 88 valence electrons. The number of hydrogen-bond donors (Lipinski definition) is 2. The number of hydrogen-bond acceptors (Lipinski definition) is 4. The zero-order valence-corrected chi connectivity index (χ0v) is 9.27. The lowest BCUT2D eigenvalue weighted by atomic mass is 9.98. The van der Waals surface area contributed by atoms with Crippen molar-refractivity contribution < 1.29 is 9.84 Å². The second-order valence-electron chi connectivity index (χ2n) is 4.69. The molecule has 0 radical (unpaired) electrons. The zero-order chi connectivity index (χ0) is 10.7. The maximum Gasteiger partial charge on any atom is 0.0698 e. The summed E-state index contributed by atoms with van der Waals surface area (Å²) in [5, 5.41) is 8.60. The molecule has 0 aromatic carbocycles. The Balaban J connectivity index is 1.74. The van der Waals surface area contributed by atoms with Gasteiger partial charge in [-0.1, -0.05) is 0 Å². The molecule has 2 atom stereocenters. The number of aliphatic hydroxyl groups excluding tert-OH is 1. The molecule has 4 nitrogen and oxygen atoms in total. The van der Waals surface area contributed by atoms with Crippen molar-refractivity contribution in [3.8, 4) is 0 Å². The summed E-state index contributed by atoms with van der Waals surface area (Å²) in [4.78, 5) is 2.56. The second kappa shape index (κ2) is 5.25. The summed E-state index contributed by atoms with van der Waals surface area (Å²) in [5.41, 5.74) is 6.00. The van der Waals surface area contributed by atoms with E-state index in [2.05, 4.69) is 4.90 Å². The van der Waals surface area contributed by atoms with E-state index in [0.29, 0.717) is 24.7 Å². The van der Waals surface area contributed by atoms with Crippen molar-refractivity contribution in [2.75, 3.05) is 26.4 Å². The van der Waals surface area contributed by atoms with Crippen molar-refractivity contribution in [3.63, 3.8) is 0 Å². The quantitative estimate of drug-likeness (QED) is 0.630. The first-order valence-corrected chi connectivity index (χ1v) is 6.01. The van der Waals surface area contributed by atoms with Crippen LogP contribution in [0.4, 0.5) is 0 Å². The van der Waals surface area contributed by atoms with E-state index in [-0.39, 0.29) is 6.61 Å². The second-order valence-corrected chi connectivity index (χ2v) is 4.69. The van der Waals surface area contributed by atoms with Crippen LogP contribution in [0.1, 0.15) is 25.7 Å². The van der Waals surface area contributed by atoms with Gasteiger partial charge in [0.1, 0.15) is 0 Å². The van der Waals surface area contributed by atoms with Crippen LogP contribution in [-0.2, 0) is 4.74 Å². The molecule has 2 aliphatic heterocycles. The van der Waals surface area contributed by atoms with Gasteiger partial charge in [-0.25, -0.2) is 0 Å². The zero-order valence-electron chi connectivity index (χ0n) is 9.27. The Labute approximate surface area is 91.4 Å². The van der Waals surface area contributed by atoms with Crippen LogP contribution in [0.5, 0.6) is 0 Å². The maximum absolute atomic E-state index is 8.60. The van der Waals surface area contributed by atoms with Crippen molar-refractivity contribution in [2.24, 2.45) is 5.73 Å². The van der Waals surface area contributed by atoms with E-state index in [1.807, 2.05) is 0 Å². The SMILES string of the molecule is NC1CC2CCC(C1)N2CCOCCO. The van der Waals surface area contributed by atoms with E-state index < -0.39 is 0 Å². The summed E-state index contributed by atoms with van der Waals surface area (Å²) in [6, 6.07) is 1.80. The topological polar surface area (TPSA) is 58.7 Å². The predicted molar refractivity (Wildman–Crippen MR) is 58.6 cm³/mol. The minimum absolute atomic E-state index is 0.123. The molecule has 0 saturated carbocycles. The van der Waals surface area contributed by atoms with Crippen molar-refractivity contribution in [2.45, 2.75) is 43.8 Å². The van der Waals surface area contributed by atoms with Crippen LogP contribution < -0.4 is 5.73 Å². The summed E-state index contributed by atoms with van der Waals surface area (Å²) < 4.78 is 5.31. The molecule has 0 aliphatic carbocycles. The summed E-state index contributed by atoms with van der Waals surface area (Å²) in [6.45, 7) is 2.32. The van der Waals surface area contributed by atoms with Gasteiger partial charge in [-0.05, 0) is 25.7 Å². The lowest BCUT2D eigenvalue weighted by molar-refractivity contribution is 0.0474. The smallest absolute Gasteiger partial charge is 0.0698 e. The summed E-state index contributed by atoms with van der Waals surface area (Å²) in [7, 11) is 0. The molecule has 2 bridgehead atoms. The van der Waals surface area contributed by atoms with Gasteiger partial charge in [0.05, 0.1) is 19.8 Å². The van der Waals surface area contributed by atoms with Crippen molar-refractivity contribution in [3.05, 3.63) is 0 Å². The number of fused-ring (bicyclic) bond motifs is 2. The number of nitrogens with two attached hydrogens (primary N) is 1. The van der Waals surface area contributed by atoms with Gasteiger partial charge in [0.15, 0.2) is 0 Å². The standard InChI is InChI=1S/C11H22N2O2/c12-9-7-10-1-2-11(8-9)13(10)3-5-15-6-4-14/h9-11,14H,1-8,12H2. The molecule has 4 heteroatoms. The van der Waals surface area contributed by atoms with E-state index in [9.17, 15) is 0 Å². The van der Waals surface area contributed by atoms with E-state index in [1.165, 1.54) is 12.8 Å². The van der Waals surface area contributed by atoms with E-state index in [0.717, 1.165) is 26.0 Å². The first-order chi connectivity index (χ1) is 7.31. The van der Waals surface area contributed by atoms with Crippen molar-refractivity contribution in [1.82, 2.24) is 4.90 Å². The Morgan fingerprint density at radius 2 is 1.87 bits per heavy atom. The van der Waals surface area contributed by atoms with Gasteiger partial charge in [0, 0.05) is 24.7 Å². The Bertz CT molecular complexity index is 187. The monoisotopic (exact) mass is 214 g/mol. The molecular weight excluding hydrogens is 192 g/mol. The number of nitrogens with zero attached hydrogens (tertiary/aromatic N) is 1. The highest BCUT2D eigenvalue weighted by molar-refractivity contribution is 4.96. The Kier molecular flexibility index (Phi) is 3.97. The molecule has 0 aromatic heterocycles. The molecule has 2 rings (SSSR count). The molecular formula is C11H22N2O2. The fourth-order valence-electron chi connectivity index (χ4n) is 3.02. The number of piperidine rings is 1. The van der Waals surface area contributed by atoms with Crippen LogP contribution in [0.15, 0.2) is 0 Å². The van der Waals surface area contributed by atoms with Crippen LogP contribution in [0, 0.1) is 0 Å². The van der Waals surface area contributed by atoms with Crippen LogP contribution >= 0.6 is 0 Å². The van der Waals surface area contributed by atoms with Crippen LogP contribution in [0.3, 0.4) is 0 Å². The molecule has 0 aromatic rings. The van der Waals surface area contributed by atoms with Gasteiger partial charge in [-0.3, -0.25) is 4.90 Å². The van der Waals surface area contributed by atoms with Gasteiger partial charge in [-0.15, -0.1) is 0 Å². The number of aliphatic hydroxyl groups is 1. The third-order valence-corrected chi connectivity index (χ3v) is 3.65. The fraction of sp³-hybridized carbons (Fsp3) is 1.00. The van der Waals surface area contributed by atoms with Crippen molar-refractivity contribution in [1.29, 1.82) is 0 Å². The normalized spacial score (nSPS) is 36.0. The lowest BCUT2D eigenvalue weighted by Gasteiger charge is -2.37. The highest BCUT2D eigenvalue weighted by Gasteiger charge is 2.38. The largest absolute Gasteiger partial charge is 0.394 e. The molecule has 2 saturated heterocycles. The number of ether oxygens (including phenoxy) is 1. The van der Waals surface area contributed by atoms with E-state index in [1.54, 1.807) is 0 Å². The highest BCUT2D eigenvalue weighted by Crippen LogP contribution is 2.34. The molecule has 2 aliphatic rings. The summed E-state index contributed by atoms with van der Waals surface area (Å²) >= 11 is 0. The molecule has 2 heterocycles. The Morgan fingerprint density at radius 3 is 2.47 bits per heavy atom. The predicted octanol–water partition coefficient (Wildman–Crippen LogP) is -0.0506. The molecule has 3 N–H and O–H groups in total. The van der Waals surface area contributed by atoms with Gasteiger partial charge >= 0.3 is 0 Å². The average molecular weight is 214 g/mol. The molecule has 15 heavy (non-hydrogen) atoms. The summed E-state index contributed by atoms with van der Waals surface area (Å²) in [5.74, 6) is 0. The molecule has 0 spiro atoms. The molecule has 2 unspecified atom stereocenters. The number of rotatable bonds is 5. The van der Waals surface area contributed by atoms with Crippen LogP contribution in [-0.4, -0.2) is 54.5 Å². The third-order valence-electron chi connectivity index (χ3n) is 3.65. The van der Waals surface area contributed by atoms with Gasteiger partial charge < -0.3 is 15.6 Å². The molecule has 0 amide bonds. The maximum atomic E-state index is 8.60. The van der Waals surface area contributed by atoms with Gasteiger partial charge in [0.25, 0.3) is 0 Å². The van der Waals surface area contributed by atoms with E-state index in [4.69, 9.17) is 15.6 Å². The average Bonchev–Trinajstić information content (AvgIpc) is 2.46. The van der Waals surface area contributed by atoms with Crippen LogP contribution in [0.25, 0.3) is 0 Å². The third kappa shape index (κ3) is 2.69. The first-order valence-electron chi connectivity index (χ1n) is 6.01. The summed E-state index contributed by atoms with van der Waals surface area (Å²) in [6.07, 6.45) is 4.91. The lowest BCUT2D eigenvalue weighted by Crippen LogP contribution is -2.48. The fourth-order valence-corrected chi connectivity index (χ4v) is 3.02. The van der Waals surface area contributed by atoms with Crippen LogP contribution in [0.2, 0.25) is 0 Å².